The molecular weight excluding hydrogens is 322 g/mol. The first kappa shape index (κ1) is 15.6. The number of amides is 1. The number of carbonyl (C=O) groups is 1. The SMILES string of the molecule is COC1(OC)N=C(N)[C@]2(C#N)[C@@]3(C(=O)N(C)c4ccccc43)[C@]12C#N. The highest BCUT2D eigenvalue weighted by Crippen LogP contribution is 2.87. The molecule has 0 saturated heterocycles. The molecule has 4 rings (SSSR count). The number of fused-ring (bicyclic) bond motifs is 5. The van der Waals surface area contributed by atoms with Gasteiger partial charge in [0.25, 0.3) is 5.91 Å². The number of aliphatic imine (C=N–C) groups is 1. The minimum absolute atomic E-state index is 0.126. The fraction of sp³-hybridized carbons (Fsp3) is 0.412. The van der Waals surface area contributed by atoms with E-state index < -0.39 is 28.1 Å². The molecule has 0 radical (unpaired) electrons. The minimum Gasteiger partial charge on any atom is -0.386 e. The molecule has 1 amide bonds. The van der Waals surface area contributed by atoms with Crippen molar-refractivity contribution in [3.8, 4) is 12.1 Å². The summed E-state index contributed by atoms with van der Waals surface area (Å²) < 4.78 is 10.9. The molecular formula is C17H15N5O3. The lowest BCUT2D eigenvalue weighted by Crippen LogP contribution is -2.48. The van der Waals surface area contributed by atoms with E-state index in [-0.39, 0.29) is 5.84 Å². The molecule has 8 heteroatoms. The Labute approximate surface area is 144 Å². The lowest BCUT2D eigenvalue weighted by molar-refractivity contribution is -0.233. The largest absolute Gasteiger partial charge is 0.386 e. The van der Waals surface area contributed by atoms with Crippen LogP contribution < -0.4 is 10.6 Å². The number of benzene rings is 1. The molecule has 126 valence electrons. The van der Waals surface area contributed by atoms with Crippen LogP contribution in [0.2, 0.25) is 0 Å². The van der Waals surface area contributed by atoms with E-state index in [1.807, 2.05) is 0 Å². The number of likely N-dealkylation sites (N-methyl/N-ethyl adjacent to an activating group) is 1. The molecule has 0 unspecified atom stereocenters. The molecule has 2 heterocycles. The van der Waals surface area contributed by atoms with Crippen LogP contribution >= 0.6 is 0 Å². The molecule has 3 aliphatic rings. The minimum atomic E-state index is -1.84. The number of para-hydroxylation sites is 1. The monoisotopic (exact) mass is 337 g/mol. The molecule has 1 aromatic rings. The number of nitrogens with two attached hydrogens (primary N) is 1. The van der Waals surface area contributed by atoms with Crippen LogP contribution in [0.25, 0.3) is 0 Å². The third-order valence-corrected chi connectivity index (χ3v) is 5.93. The van der Waals surface area contributed by atoms with E-state index in [0.717, 1.165) is 0 Å². The highest BCUT2D eigenvalue weighted by atomic mass is 16.7. The zero-order valence-corrected chi connectivity index (χ0v) is 13.9. The maximum atomic E-state index is 13.4. The van der Waals surface area contributed by atoms with Crippen LogP contribution in [-0.4, -0.2) is 38.9 Å². The predicted octanol–water partition coefficient (Wildman–Crippen LogP) is 0.252. The van der Waals surface area contributed by atoms with Crippen LogP contribution in [0.5, 0.6) is 0 Å². The summed E-state index contributed by atoms with van der Waals surface area (Å²) in [7, 11) is 4.23. The van der Waals surface area contributed by atoms with Gasteiger partial charge in [0.05, 0.1) is 12.1 Å². The third-order valence-electron chi connectivity index (χ3n) is 5.93. The van der Waals surface area contributed by atoms with Crippen molar-refractivity contribution in [1.82, 2.24) is 0 Å². The smallest absolute Gasteiger partial charge is 0.293 e. The summed E-state index contributed by atoms with van der Waals surface area (Å²) >= 11 is 0. The van der Waals surface area contributed by atoms with Gasteiger partial charge < -0.3 is 20.1 Å². The third kappa shape index (κ3) is 1.06. The second-order valence-corrected chi connectivity index (χ2v) is 6.34. The number of anilines is 1. The summed E-state index contributed by atoms with van der Waals surface area (Å²) in [6.07, 6.45) is 0. The summed E-state index contributed by atoms with van der Waals surface area (Å²) in [4.78, 5) is 19.0. The first-order valence-corrected chi connectivity index (χ1v) is 7.58. The summed E-state index contributed by atoms with van der Waals surface area (Å²) in [5.41, 5.74) is 2.41. The fourth-order valence-electron chi connectivity index (χ4n) is 4.98. The number of nitriles is 2. The topological polar surface area (TPSA) is 125 Å². The Balaban J connectivity index is 2.17. The molecule has 3 atom stereocenters. The van der Waals surface area contributed by atoms with E-state index in [0.29, 0.717) is 11.3 Å². The van der Waals surface area contributed by atoms with Crippen molar-refractivity contribution in [2.24, 2.45) is 21.6 Å². The van der Waals surface area contributed by atoms with Gasteiger partial charge in [-0.1, -0.05) is 18.2 Å². The lowest BCUT2D eigenvalue weighted by atomic mass is 9.84. The van der Waals surface area contributed by atoms with Gasteiger partial charge in [0.1, 0.15) is 11.3 Å². The number of hydrogen-bond acceptors (Lipinski definition) is 7. The van der Waals surface area contributed by atoms with E-state index in [2.05, 4.69) is 17.1 Å². The molecule has 8 nitrogen and oxygen atoms in total. The number of carbonyl (C=O) groups excluding carboxylic acids is 1. The Hall–Kier alpha value is -2.94. The quantitative estimate of drug-likeness (QED) is 0.771. The van der Waals surface area contributed by atoms with Crippen molar-refractivity contribution in [2.45, 2.75) is 11.3 Å². The van der Waals surface area contributed by atoms with Gasteiger partial charge in [-0.25, -0.2) is 4.99 Å². The maximum absolute atomic E-state index is 13.4. The van der Waals surface area contributed by atoms with E-state index in [9.17, 15) is 15.3 Å². The Bertz CT molecular complexity index is 940. The number of nitrogens with zero attached hydrogens (tertiary/aromatic N) is 4. The van der Waals surface area contributed by atoms with Crippen molar-refractivity contribution in [3.05, 3.63) is 29.8 Å². The van der Waals surface area contributed by atoms with E-state index in [4.69, 9.17) is 15.2 Å². The van der Waals surface area contributed by atoms with Crippen molar-refractivity contribution in [1.29, 1.82) is 10.5 Å². The molecule has 1 aromatic carbocycles. The van der Waals surface area contributed by atoms with Crippen LogP contribution in [-0.2, 0) is 19.7 Å². The second kappa shape index (κ2) is 4.17. The van der Waals surface area contributed by atoms with Crippen LogP contribution in [0.1, 0.15) is 5.56 Å². The Kier molecular flexibility index (Phi) is 2.60. The van der Waals surface area contributed by atoms with E-state index >= 15 is 0 Å². The summed E-state index contributed by atoms with van der Waals surface area (Å²) in [5.74, 6) is -2.36. The van der Waals surface area contributed by atoms with Gasteiger partial charge >= 0.3 is 0 Å². The van der Waals surface area contributed by atoms with Gasteiger partial charge in [-0.15, -0.1) is 0 Å². The van der Waals surface area contributed by atoms with Gasteiger partial charge in [0.2, 0.25) is 5.91 Å². The first-order valence-electron chi connectivity index (χ1n) is 7.58. The molecule has 1 saturated carbocycles. The van der Waals surface area contributed by atoms with Gasteiger partial charge in [-0.05, 0) is 11.6 Å². The second-order valence-electron chi connectivity index (χ2n) is 6.34. The average Bonchev–Trinajstić information content (AvgIpc) is 3.05. The number of rotatable bonds is 2. The summed E-state index contributed by atoms with van der Waals surface area (Å²) in [5, 5.41) is 20.2. The van der Waals surface area contributed by atoms with E-state index in [1.165, 1.54) is 19.1 Å². The van der Waals surface area contributed by atoms with Crippen molar-refractivity contribution in [2.75, 3.05) is 26.2 Å². The van der Waals surface area contributed by atoms with Crippen molar-refractivity contribution in [3.63, 3.8) is 0 Å². The van der Waals surface area contributed by atoms with Crippen LogP contribution in [0, 0.1) is 33.5 Å². The predicted molar refractivity (Wildman–Crippen MR) is 86.0 cm³/mol. The Morgan fingerprint density at radius 3 is 2.40 bits per heavy atom. The normalized spacial score (nSPS) is 36.4. The molecule has 2 N–H and O–H groups in total. The number of methoxy groups -OCH3 is 2. The van der Waals surface area contributed by atoms with Crippen molar-refractivity contribution < 1.29 is 14.3 Å². The molecule has 1 spiro atoms. The molecule has 25 heavy (non-hydrogen) atoms. The van der Waals surface area contributed by atoms with Gasteiger partial charge in [0.15, 0.2) is 10.8 Å². The molecule has 2 aliphatic heterocycles. The van der Waals surface area contributed by atoms with Crippen LogP contribution in [0.4, 0.5) is 5.69 Å². The zero-order valence-electron chi connectivity index (χ0n) is 13.9. The Morgan fingerprint density at radius 2 is 1.84 bits per heavy atom. The number of amidine groups is 1. The van der Waals surface area contributed by atoms with Crippen molar-refractivity contribution >= 4 is 17.4 Å². The number of hydrogen-bond donors (Lipinski definition) is 1. The summed E-state index contributed by atoms with van der Waals surface area (Å²) in [6, 6.07) is 11.3. The Morgan fingerprint density at radius 1 is 1.20 bits per heavy atom. The average molecular weight is 337 g/mol. The van der Waals surface area contributed by atoms with Gasteiger partial charge in [0, 0.05) is 27.0 Å². The lowest BCUT2D eigenvalue weighted by Gasteiger charge is -2.31. The van der Waals surface area contributed by atoms with Crippen LogP contribution in [0.15, 0.2) is 29.3 Å². The van der Waals surface area contributed by atoms with Crippen LogP contribution in [0.3, 0.4) is 0 Å². The molecule has 0 bridgehead atoms. The molecule has 0 aromatic heterocycles. The first-order chi connectivity index (χ1) is 11.9. The number of ether oxygens (including phenoxy) is 2. The summed E-state index contributed by atoms with van der Waals surface area (Å²) in [6.45, 7) is 0. The van der Waals surface area contributed by atoms with E-state index in [1.54, 1.807) is 31.3 Å². The fourth-order valence-corrected chi connectivity index (χ4v) is 4.98. The zero-order chi connectivity index (χ0) is 18.3. The standard InChI is InChI=1S/C17H15N5O3/c1-22-11-7-5-4-6-10(11)16(13(22)23)14(8-18)12(20)21-17(24-2,25-3)15(14,16)9-19/h4-7H,1-3H3,(H2,20,21)/t14-,15+,16+/m0/s1. The molecule has 1 aliphatic carbocycles. The highest BCUT2D eigenvalue weighted by molar-refractivity contribution is 6.21. The van der Waals surface area contributed by atoms with Gasteiger partial charge in [-0.2, -0.15) is 10.5 Å². The maximum Gasteiger partial charge on any atom is 0.293 e. The highest BCUT2D eigenvalue weighted by Gasteiger charge is 3.05. The molecule has 1 fully saturated rings. The van der Waals surface area contributed by atoms with Gasteiger partial charge in [-0.3, -0.25) is 4.79 Å².